The lowest BCUT2D eigenvalue weighted by atomic mass is 9.82. The first kappa shape index (κ1) is 18.5. The molecule has 3 aromatic rings. The number of dihydropyridines is 1. The summed E-state index contributed by atoms with van der Waals surface area (Å²) in [6, 6.07) is 7.69. The molecule has 0 amide bonds. The zero-order valence-corrected chi connectivity index (χ0v) is 16.3. The Morgan fingerprint density at radius 2 is 1.76 bits per heavy atom. The maximum absolute atomic E-state index is 12.7. The van der Waals surface area contributed by atoms with Gasteiger partial charge >= 0.3 is 5.97 Å². The molecule has 0 spiro atoms. The Morgan fingerprint density at radius 1 is 1.03 bits per heavy atom. The SMILES string of the molecule is COC(=O)C1=C(C)NC(c2ccc(OC)cc2)=C(c2ncc[nH]2)C1c1ncc[nH]1. The molecular formula is C21H21N5O3. The third kappa shape index (κ3) is 3.29. The number of ether oxygens (including phenoxy) is 2. The van der Waals surface area contributed by atoms with E-state index in [1.165, 1.54) is 7.11 Å². The Hall–Kier alpha value is -3.81. The van der Waals surface area contributed by atoms with Gasteiger partial charge in [-0.2, -0.15) is 0 Å². The number of esters is 1. The highest BCUT2D eigenvalue weighted by molar-refractivity contribution is 6.03. The molecule has 29 heavy (non-hydrogen) atoms. The Morgan fingerprint density at radius 3 is 2.34 bits per heavy atom. The number of rotatable bonds is 5. The van der Waals surface area contributed by atoms with Crippen molar-refractivity contribution >= 4 is 17.2 Å². The summed E-state index contributed by atoms with van der Waals surface area (Å²) >= 11 is 0. The number of nitrogens with zero attached hydrogens (tertiary/aromatic N) is 2. The monoisotopic (exact) mass is 391 g/mol. The minimum absolute atomic E-state index is 0.422. The summed E-state index contributed by atoms with van der Waals surface area (Å²) in [6.07, 6.45) is 6.81. The average Bonchev–Trinajstić information content (AvgIpc) is 3.46. The van der Waals surface area contributed by atoms with E-state index in [4.69, 9.17) is 9.47 Å². The highest BCUT2D eigenvalue weighted by Gasteiger charge is 2.38. The molecule has 8 heteroatoms. The second-order valence-electron chi connectivity index (χ2n) is 6.52. The van der Waals surface area contributed by atoms with Crippen LogP contribution in [0.4, 0.5) is 0 Å². The van der Waals surface area contributed by atoms with E-state index in [0.29, 0.717) is 22.9 Å². The predicted octanol–water partition coefficient (Wildman–Crippen LogP) is 2.84. The molecule has 4 rings (SSSR count). The largest absolute Gasteiger partial charge is 0.497 e. The van der Waals surface area contributed by atoms with Crippen LogP contribution in [0.5, 0.6) is 5.75 Å². The molecule has 3 N–H and O–H groups in total. The summed E-state index contributed by atoms with van der Waals surface area (Å²) < 4.78 is 10.4. The van der Waals surface area contributed by atoms with E-state index in [9.17, 15) is 4.79 Å². The number of aromatic nitrogens is 4. The molecule has 8 nitrogen and oxygen atoms in total. The first-order valence-electron chi connectivity index (χ1n) is 9.07. The van der Waals surface area contributed by atoms with Gasteiger partial charge in [0.05, 0.1) is 31.4 Å². The van der Waals surface area contributed by atoms with Crippen LogP contribution in [-0.2, 0) is 9.53 Å². The second-order valence-corrected chi connectivity index (χ2v) is 6.52. The molecule has 1 aromatic carbocycles. The van der Waals surface area contributed by atoms with E-state index in [0.717, 1.165) is 22.6 Å². The molecule has 1 unspecified atom stereocenters. The summed E-state index contributed by atoms with van der Waals surface area (Å²) in [5, 5.41) is 3.38. The molecule has 0 radical (unpaired) electrons. The summed E-state index contributed by atoms with van der Waals surface area (Å²) in [6.45, 7) is 1.85. The molecule has 3 heterocycles. The Bertz CT molecular complexity index is 1060. The van der Waals surface area contributed by atoms with Crippen LogP contribution >= 0.6 is 0 Å². The van der Waals surface area contributed by atoms with Gasteiger partial charge in [0.1, 0.15) is 17.4 Å². The molecule has 1 atom stereocenters. The predicted molar refractivity (Wildman–Crippen MR) is 108 cm³/mol. The van der Waals surface area contributed by atoms with Crippen molar-refractivity contribution in [2.75, 3.05) is 14.2 Å². The van der Waals surface area contributed by atoms with E-state index < -0.39 is 11.9 Å². The number of aromatic amines is 2. The molecule has 0 bridgehead atoms. The topological polar surface area (TPSA) is 105 Å². The Labute approximate surface area is 167 Å². The van der Waals surface area contributed by atoms with Crippen molar-refractivity contribution in [1.82, 2.24) is 25.3 Å². The smallest absolute Gasteiger partial charge is 0.336 e. The molecule has 1 aliphatic heterocycles. The van der Waals surface area contributed by atoms with Gasteiger partial charge in [-0.05, 0) is 36.8 Å². The van der Waals surface area contributed by atoms with Crippen LogP contribution in [-0.4, -0.2) is 40.1 Å². The third-order valence-corrected chi connectivity index (χ3v) is 4.89. The van der Waals surface area contributed by atoms with Gasteiger partial charge in [-0.25, -0.2) is 14.8 Å². The molecule has 0 fully saturated rings. The van der Waals surface area contributed by atoms with Crippen molar-refractivity contribution in [2.24, 2.45) is 0 Å². The van der Waals surface area contributed by atoms with Gasteiger partial charge in [0.2, 0.25) is 0 Å². The number of hydrogen-bond acceptors (Lipinski definition) is 6. The van der Waals surface area contributed by atoms with E-state index >= 15 is 0 Å². The normalized spacial score (nSPS) is 16.6. The Kier molecular flexibility index (Phi) is 4.90. The van der Waals surface area contributed by atoms with Crippen molar-refractivity contribution in [3.05, 3.63) is 77.5 Å². The van der Waals surface area contributed by atoms with Crippen molar-refractivity contribution < 1.29 is 14.3 Å². The quantitative estimate of drug-likeness (QED) is 0.578. The van der Waals surface area contributed by atoms with Gasteiger partial charge in [-0.15, -0.1) is 0 Å². The fourth-order valence-electron chi connectivity index (χ4n) is 3.57. The minimum atomic E-state index is -0.484. The number of methoxy groups -OCH3 is 2. The molecular weight excluding hydrogens is 370 g/mol. The van der Waals surface area contributed by atoms with Gasteiger partial charge in [0.15, 0.2) is 0 Å². The lowest BCUT2D eigenvalue weighted by Crippen LogP contribution is -2.29. The summed E-state index contributed by atoms with van der Waals surface area (Å²) in [5.41, 5.74) is 3.72. The van der Waals surface area contributed by atoms with Crippen molar-refractivity contribution in [2.45, 2.75) is 12.8 Å². The lowest BCUT2D eigenvalue weighted by Gasteiger charge is -2.30. The zero-order valence-electron chi connectivity index (χ0n) is 16.3. The molecule has 2 aromatic heterocycles. The van der Waals surface area contributed by atoms with Crippen LogP contribution < -0.4 is 10.1 Å². The highest BCUT2D eigenvalue weighted by atomic mass is 16.5. The van der Waals surface area contributed by atoms with Gasteiger partial charge in [-0.3, -0.25) is 0 Å². The standard InChI is InChI=1S/C21H21N5O3/c1-12-15(21(27)29-3)16(19-22-8-9-23-19)17(20-24-10-11-25-20)18(26-12)13-4-6-14(28-2)7-5-13/h4-11,16,26H,1-3H3,(H,22,23)(H,24,25). The maximum Gasteiger partial charge on any atom is 0.336 e. The molecule has 0 saturated carbocycles. The number of hydrogen-bond donors (Lipinski definition) is 3. The van der Waals surface area contributed by atoms with Crippen molar-refractivity contribution in [3.8, 4) is 5.75 Å². The lowest BCUT2D eigenvalue weighted by molar-refractivity contribution is -0.136. The van der Waals surface area contributed by atoms with Crippen LogP contribution in [0, 0.1) is 0 Å². The Balaban J connectivity index is 1.97. The van der Waals surface area contributed by atoms with E-state index in [1.54, 1.807) is 31.9 Å². The summed E-state index contributed by atoms with van der Waals surface area (Å²) in [7, 11) is 3.00. The van der Waals surface area contributed by atoms with Gasteiger partial charge in [0.25, 0.3) is 0 Å². The molecule has 0 saturated heterocycles. The number of imidazole rings is 2. The number of carbonyl (C=O) groups is 1. The molecule has 148 valence electrons. The van der Waals surface area contributed by atoms with Gasteiger partial charge in [-0.1, -0.05) is 0 Å². The van der Waals surface area contributed by atoms with Gasteiger partial charge in [0, 0.05) is 36.1 Å². The zero-order chi connectivity index (χ0) is 20.4. The number of benzene rings is 1. The number of nitrogens with one attached hydrogen (secondary N) is 3. The third-order valence-electron chi connectivity index (χ3n) is 4.89. The first-order chi connectivity index (χ1) is 14.1. The van der Waals surface area contributed by atoms with Gasteiger partial charge < -0.3 is 24.8 Å². The minimum Gasteiger partial charge on any atom is -0.497 e. The summed E-state index contributed by atoms with van der Waals surface area (Å²) in [5.74, 6) is 1.12. The number of allylic oxidation sites excluding steroid dienone is 2. The number of H-pyrrole nitrogens is 2. The van der Waals surface area contributed by atoms with E-state index in [2.05, 4.69) is 25.3 Å². The maximum atomic E-state index is 12.7. The fourth-order valence-corrected chi connectivity index (χ4v) is 3.57. The summed E-state index contributed by atoms with van der Waals surface area (Å²) in [4.78, 5) is 27.9. The molecule has 1 aliphatic rings. The van der Waals surface area contributed by atoms with Crippen LogP contribution in [0.1, 0.15) is 30.1 Å². The molecule has 0 aliphatic carbocycles. The first-order valence-corrected chi connectivity index (χ1v) is 9.07. The van der Waals surface area contributed by atoms with Crippen LogP contribution in [0.25, 0.3) is 11.3 Å². The van der Waals surface area contributed by atoms with Crippen LogP contribution in [0.3, 0.4) is 0 Å². The van der Waals surface area contributed by atoms with E-state index in [-0.39, 0.29) is 0 Å². The second kappa shape index (κ2) is 7.67. The van der Waals surface area contributed by atoms with Crippen LogP contribution in [0.2, 0.25) is 0 Å². The van der Waals surface area contributed by atoms with E-state index in [1.807, 2.05) is 31.2 Å². The highest BCUT2D eigenvalue weighted by Crippen LogP contribution is 2.44. The fraction of sp³-hybridized carbons (Fsp3) is 0.190. The van der Waals surface area contributed by atoms with Crippen LogP contribution in [0.15, 0.2) is 60.3 Å². The van der Waals surface area contributed by atoms with Crippen molar-refractivity contribution in [1.29, 1.82) is 0 Å². The number of carbonyl (C=O) groups excluding carboxylic acids is 1. The van der Waals surface area contributed by atoms with Crippen molar-refractivity contribution in [3.63, 3.8) is 0 Å². The average molecular weight is 391 g/mol.